The summed E-state index contributed by atoms with van der Waals surface area (Å²) in [7, 11) is 1.57. The summed E-state index contributed by atoms with van der Waals surface area (Å²) in [5, 5.41) is 7.17. The number of hydrogen-bond donors (Lipinski definition) is 1. The van der Waals surface area contributed by atoms with E-state index in [1.807, 2.05) is 67.6 Å². The van der Waals surface area contributed by atoms with E-state index in [-0.39, 0.29) is 11.9 Å². The Hall–Kier alpha value is -3.67. The average molecular weight is 358 g/mol. The Labute approximate surface area is 156 Å². The number of fused-ring (bicyclic) bond motifs is 1. The lowest BCUT2D eigenvalue weighted by Gasteiger charge is -2.06. The minimum Gasteiger partial charge on any atom is -0.481 e. The third kappa shape index (κ3) is 3.25. The van der Waals surface area contributed by atoms with Gasteiger partial charge in [0.1, 0.15) is 0 Å². The van der Waals surface area contributed by atoms with Gasteiger partial charge < -0.3 is 4.74 Å². The van der Waals surface area contributed by atoms with Crippen LogP contribution in [0, 0.1) is 6.92 Å². The lowest BCUT2D eigenvalue weighted by molar-refractivity contribution is 0.102. The maximum Gasteiger partial charge on any atom is 0.258 e. The molecule has 0 saturated carbocycles. The fraction of sp³-hybridized carbons (Fsp3) is 0.0952. The van der Waals surface area contributed by atoms with E-state index in [0.717, 1.165) is 16.7 Å². The first-order chi connectivity index (χ1) is 13.2. The van der Waals surface area contributed by atoms with Crippen molar-refractivity contribution in [2.45, 2.75) is 6.92 Å². The molecule has 2 aromatic heterocycles. The molecule has 0 atom stereocenters. The summed E-state index contributed by atoms with van der Waals surface area (Å²) in [6.45, 7) is 1.94. The van der Waals surface area contributed by atoms with Crippen molar-refractivity contribution in [3.05, 3.63) is 77.9 Å². The number of benzene rings is 2. The van der Waals surface area contributed by atoms with E-state index < -0.39 is 0 Å². The van der Waals surface area contributed by atoms with Gasteiger partial charge in [-0.15, -0.1) is 5.10 Å². The number of pyridine rings is 1. The molecule has 2 heterocycles. The van der Waals surface area contributed by atoms with Crippen LogP contribution in [0.5, 0.6) is 5.88 Å². The van der Waals surface area contributed by atoms with Crippen LogP contribution in [0.2, 0.25) is 0 Å². The smallest absolute Gasteiger partial charge is 0.258 e. The predicted octanol–water partition coefficient (Wildman–Crippen LogP) is 3.97. The van der Waals surface area contributed by atoms with Crippen LogP contribution >= 0.6 is 0 Å². The third-order valence-corrected chi connectivity index (χ3v) is 4.25. The van der Waals surface area contributed by atoms with Crippen molar-refractivity contribution < 1.29 is 9.53 Å². The highest BCUT2D eigenvalue weighted by atomic mass is 16.5. The zero-order valence-electron chi connectivity index (χ0n) is 15.0. The van der Waals surface area contributed by atoms with Crippen LogP contribution in [0.4, 0.5) is 5.95 Å². The first-order valence-electron chi connectivity index (χ1n) is 8.53. The molecule has 0 bridgehead atoms. The molecule has 4 rings (SSSR count). The Balaban J connectivity index is 1.76. The number of ether oxygens (including phenoxy) is 1. The Bertz CT molecular complexity index is 1120. The van der Waals surface area contributed by atoms with Crippen molar-refractivity contribution in [2.75, 3.05) is 12.4 Å². The van der Waals surface area contributed by atoms with Crippen molar-refractivity contribution in [2.24, 2.45) is 0 Å². The van der Waals surface area contributed by atoms with Gasteiger partial charge >= 0.3 is 0 Å². The highest BCUT2D eigenvalue weighted by Gasteiger charge is 2.15. The molecular weight excluding hydrogens is 340 g/mol. The molecule has 0 radical (unpaired) electrons. The first kappa shape index (κ1) is 16.8. The first-order valence-corrected chi connectivity index (χ1v) is 8.53. The van der Waals surface area contributed by atoms with Crippen LogP contribution in [0.15, 0.2) is 66.7 Å². The lowest BCUT2D eigenvalue weighted by atomic mass is 10.1. The van der Waals surface area contributed by atoms with Gasteiger partial charge in [-0.3, -0.25) is 10.1 Å². The highest BCUT2D eigenvalue weighted by molar-refractivity contribution is 6.03. The summed E-state index contributed by atoms with van der Waals surface area (Å²) >= 11 is 0. The van der Waals surface area contributed by atoms with Crippen molar-refractivity contribution in [1.82, 2.24) is 14.6 Å². The van der Waals surface area contributed by atoms with E-state index in [2.05, 4.69) is 15.4 Å². The van der Waals surface area contributed by atoms with E-state index in [4.69, 9.17) is 4.74 Å². The van der Waals surface area contributed by atoms with Gasteiger partial charge in [-0.25, -0.2) is 0 Å². The largest absolute Gasteiger partial charge is 0.481 e. The SMILES string of the molecule is COc1ccc(-c2ccccc2)c2nc(NC(=O)c3cccc(C)c3)nn12. The van der Waals surface area contributed by atoms with Gasteiger partial charge in [-0.05, 0) is 30.7 Å². The summed E-state index contributed by atoms with van der Waals surface area (Å²) in [5.74, 6) is 0.506. The molecule has 4 aromatic rings. The van der Waals surface area contributed by atoms with Crippen LogP contribution in [-0.2, 0) is 0 Å². The number of nitrogens with one attached hydrogen (secondary N) is 1. The fourth-order valence-electron chi connectivity index (χ4n) is 2.95. The number of amides is 1. The highest BCUT2D eigenvalue weighted by Crippen LogP contribution is 2.27. The fourth-order valence-corrected chi connectivity index (χ4v) is 2.95. The number of anilines is 1. The number of aryl methyl sites for hydroxylation is 1. The van der Waals surface area contributed by atoms with E-state index >= 15 is 0 Å². The number of carbonyl (C=O) groups excluding carboxylic acids is 1. The van der Waals surface area contributed by atoms with Gasteiger partial charge in [0.15, 0.2) is 5.65 Å². The molecule has 134 valence electrons. The molecular formula is C21H18N4O2. The third-order valence-electron chi connectivity index (χ3n) is 4.25. The summed E-state index contributed by atoms with van der Waals surface area (Å²) in [5.41, 5.74) is 4.09. The molecule has 0 aliphatic rings. The van der Waals surface area contributed by atoms with Gasteiger partial charge in [0.25, 0.3) is 5.91 Å². The van der Waals surface area contributed by atoms with Crippen molar-refractivity contribution in [3.63, 3.8) is 0 Å². The van der Waals surface area contributed by atoms with Crippen molar-refractivity contribution >= 4 is 17.5 Å². The molecule has 1 N–H and O–H groups in total. The van der Waals surface area contributed by atoms with Crippen LogP contribution in [0.1, 0.15) is 15.9 Å². The van der Waals surface area contributed by atoms with Gasteiger partial charge in [-0.2, -0.15) is 9.50 Å². The zero-order chi connectivity index (χ0) is 18.8. The quantitative estimate of drug-likeness (QED) is 0.599. The van der Waals surface area contributed by atoms with Gasteiger partial charge in [0.2, 0.25) is 11.8 Å². The molecule has 2 aromatic carbocycles. The number of aromatic nitrogens is 3. The van der Waals surface area contributed by atoms with E-state index in [1.54, 1.807) is 17.7 Å². The normalized spacial score (nSPS) is 10.7. The van der Waals surface area contributed by atoms with Crippen molar-refractivity contribution in [1.29, 1.82) is 0 Å². The monoisotopic (exact) mass is 358 g/mol. The average Bonchev–Trinajstić information content (AvgIpc) is 3.11. The molecule has 0 spiro atoms. The standard InChI is InChI=1S/C21H18N4O2/c1-14-7-6-10-16(13-14)20(26)23-21-22-19-17(15-8-4-3-5-9-15)11-12-18(27-2)25(19)24-21/h3-13H,1-2H3,(H,23,24,26). The zero-order valence-corrected chi connectivity index (χ0v) is 15.0. The molecule has 0 saturated heterocycles. The summed E-state index contributed by atoms with van der Waals surface area (Å²) in [4.78, 5) is 17.0. The topological polar surface area (TPSA) is 68.5 Å². The summed E-state index contributed by atoms with van der Waals surface area (Å²) < 4.78 is 6.98. The second-order valence-electron chi connectivity index (χ2n) is 6.15. The van der Waals surface area contributed by atoms with Gasteiger partial charge in [0, 0.05) is 17.2 Å². The minimum atomic E-state index is -0.255. The van der Waals surface area contributed by atoms with E-state index in [1.165, 1.54) is 0 Å². The minimum absolute atomic E-state index is 0.225. The summed E-state index contributed by atoms with van der Waals surface area (Å²) in [6, 6.07) is 21.0. The second kappa shape index (κ2) is 6.92. The molecule has 27 heavy (non-hydrogen) atoms. The molecule has 0 unspecified atom stereocenters. The second-order valence-corrected chi connectivity index (χ2v) is 6.15. The molecule has 1 amide bonds. The number of carbonyl (C=O) groups is 1. The number of methoxy groups -OCH3 is 1. The predicted molar refractivity (Wildman–Crippen MR) is 104 cm³/mol. The van der Waals surface area contributed by atoms with Gasteiger partial charge in [-0.1, -0.05) is 48.0 Å². The van der Waals surface area contributed by atoms with E-state index in [0.29, 0.717) is 17.1 Å². The van der Waals surface area contributed by atoms with Crippen LogP contribution in [-0.4, -0.2) is 27.6 Å². The van der Waals surface area contributed by atoms with Crippen LogP contribution in [0.3, 0.4) is 0 Å². The lowest BCUT2D eigenvalue weighted by Crippen LogP contribution is -2.13. The van der Waals surface area contributed by atoms with Crippen LogP contribution < -0.4 is 10.1 Å². The van der Waals surface area contributed by atoms with Gasteiger partial charge in [0.05, 0.1) is 7.11 Å². The van der Waals surface area contributed by atoms with Crippen LogP contribution in [0.25, 0.3) is 16.8 Å². The molecule has 0 aliphatic heterocycles. The van der Waals surface area contributed by atoms with E-state index in [9.17, 15) is 4.79 Å². The molecule has 0 aliphatic carbocycles. The molecule has 6 heteroatoms. The summed E-state index contributed by atoms with van der Waals surface area (Å²) in [6.07, 6.45) is 0. The Kier molecular flexibility index (Phi) is 4.30. The Morgan fingerprint density at radius 1 is 1.04 bits per heavy atom. The molecule has 6 nitrogen and oxygen atoms in total. The maximum atomic E-state index is 12.5. The Morgan fingerprint density at radius 3 is 2.59 bits per heavy atom. The van der Waals surface area contributed by atoms with Crippen molar-refractivity contribution in [3.8, 4) is 17.0 Å². The Morgan fingerprint density at radius 2 is 1.85 bits per heavy atom. The number of hydrogen-bond acceptors (Lipinski definition) is 4. The number of nitrogens with zero attached hydrogens (tertiary/aromatic N) is 3. The number of rotatable bonds is 4. The maximum absolute atomic E-state index is 12.5. The molecule has 0 fully saturated rings.